The van der Waals surface area contributed by atoms with Crippen molar-refractivity contribution >= 4 is 12.6 Å². The van der Waals surface area contributed by atoms with Crippen molar-refractivity contribution in [2.24, 2.45) is 0 Å². The summed E-state index contributed by atoms with van der Waals surface area (Å²) in [6, 6.07) is 0. The summed E-state index contributed by atoms with van der Waals surface area (Å²) < 4.78 is 5.55. The van der Waals surface area contributed by atoms with Gasteiger partial charge in [0.2, 0.25) is 0 Å². The van der Waals surface area contributed by atoms with Gasteiger partial charge in [-0.25, -0.2) is 0 Å². The number of thiol groups is 1. The molecule has 0 aromatic heterocycles. The van der Waals surface area contributed by atoms with E-state index in [1.54, 1.807) is 0 Å². The Morgan fingerprint density at radius 2 is 2.33 bits per heavy atom. The Morgan fingerprint density at radius 3 is 2.56 bits per heavy atom. The summed E-state index contributed by atoms with van der Waals surface area (Å²) in [6.07, 6.45) is 3.04. The van der Waals surface area contributed by atoms with E-state index < -0.39 is 0 Å². The van der Waals surface area contributed by atoms with E-state index in [0.29, 0.717) is 17.5 Å². The van der Waals surface area contributed by atoms with Crippen LogP contribution >= 0.6 is 12.6 Å². The molecule has 1 aliphatic heterocycles. The van der Waals surface area contributed by atoms with Crippen molar-refractivity contribution in [2.45, 2.75) is 44.1 Å². The Hall–Kier alpha value is 0.310. The van der Waals surface area contributed by atoms with E-state index in [9.17, 15) is 0 Å². The standard InChI is InChI=1S/C7H14OS/c1-3-6-7(9)4-5(2)8-6/h5-7,9H,3-4H2,1-2H3. The zero-order valence-corrected chi connectivity index (χ0v) is 6.90. The average molecular weight is 146 g/mol. The molecule has 0 aliphatic carbocycles. The van der Waals surface area contributed by atoms with Crippen molar-refractivity contribution in [1.29, 1.82) is 0 Å². The van der Waals surface area contributed by atoms with Crippen LogP contribution in [0.4, 0.5) is 0 Å². The third-order valence-corrected chi connectivity index (χ3v) is 2.36. The lowest BCUT2D eigenvalue weighted by Crippen LogP contribution is -2.14. The van der Waals surface area contributed by atoms with Crippen molar-refractivity contribution in [2.75, 3.05) is 0 Å². The number of hydrogen-bond donors (Lipinski definition) is 1. The Kier molecular flexibility index (Phi) is 2.42. The van der Waals surface area contributed by atoms with Gasteiger partial charge in [-0.05, 0) is 19.8 Å². The average Bonchev–Trinajstić information content (AvgIpc) is 2.10. The molecule has 0 saturated carbocycles. The van der Waals surface area contributed by atoms with Gasteiger partial charge < -0.3 is 4.74 Å². The summed E-state index contributed by atoms with van der Waals surface area (Å²) in [5.74, 6) is 0. The molecule has 1 saturated heterocycles. The van der Waals surface area contributed by atoms with Gasteiger partial charge in [0, 0.05) is 5.25 Å². The Morgan fingerprint density at radius 1 is 1.67 bits per heavy atom. The fourth-order valence-corrected chi connectivity index (χ4v) is 1.88. The van der Waals surface area contributed by atoms with Gasteiger partial charge in [0.1, 0.15) is 0 Å². The van der Waals surface area contributed by atoms with Crippen LogP contribution in [0.3, 0.4) is 0 Å². The lowest BCUT2D eigenvalue weighted by molar-refractivity contribution is 0.0553. The molecule has 1 aliphatic rings. The van der Waals surface area contributed by atoms with Gasteiger partial charge in [0.15, 0.2) is 0 Å². The van der Waals surface area contributed by atoms with Crippen molar-refractivity contribution in [3.8, 4) is 0 Å². The van der Waals surface area contributed by atoms with Crippen LogP contribution in [-0.4, -0.2) is 17.5 Å². The highest BCUT2D eigenvalue weighted by Gasteiger charge is 2.28. The van der Waals surface area contributed by atoms with E-state index in [-0.39, 0.29) is 0 Å². The van der Waals surface area contributed by atoms with E-state index >= 15 is 0 Å². The minimum Gasteiger partial charge on any atom is -0.374 e. The number of ether oxygens (including phenoxy) is 1. The van der Waals surface area contributed by atoms with Crippen molar-refractivity contribution in [3.63, 3.8) is 0 Å². The molecule has 1 fully saturated rings. The summed E-state index contributed by atoms with van der Waals surface area (Å²) >= 11 is 4.40. The van der Waals surface area contributed by atoms with Crippen LogP contribution in [0.25, 0.3) is 0 Å². The first kappa shape index (κ1) is 7.42. The molecule has 0 aromatic carbocycles. The molecule has 3 atom stereocenters. The van der Waals surface area contributed by atoms with Gasteiger partial charge >= 0.3 is 0 Å². The SMILES string of the molecule is CCC1OC(C)CC1S. The van der Waals surface area contributed by atoms with Crippen LogP contribution < -0.4 is 0 Å². The normalized spacial score (nSPS) is 43.7. The summed E-state index contributed by atoms with van der Waals surface area (Å²) in [6.45, 7) is 4.25. The first-order valence-corrected chi connectivity index (χ1v) is 4.09. The van der Waals surface area contributed by atoms with Crippen LogP contribution in [0.5, 0.6) is 0 Å². The quantitative estimate of drug-likeness (QED) is 0.556. The van der Waals surface area contributed by atoms with Crippen molar-refractivity contribution in [3.05, 3.63) is 0 Å². The van der Waals surface area contributed by atoms with Crippen LogP contribution in [0, 0.1) is 0 Å². The molecular weight excluding hydrogens is 132 g/mol. The maximum Gasteiger partial charge on any atom is 0.0693 e. The largest absolute Gasteiger partial charge is 0.374 e. The predicted molar refractivity (Wildman–Crippen MR) is 42.0 cm³/mol. The minimum absolute atomic E-state index is 0.406. The second kappa shape index (κ2) is 2.93. The first-order valence-electron chi connectivity index (χ1n) is 3.57. The van der Waals surface area contributed by atoms with Crippen LogP contribution in [0.1, 0.15) is 26.7 Å². The molecule has 2 heteroatoms. The highest BCUT2D eigenvalue weighted by molar-refractivity contribution is 7.81. The highest BCUT2D eigenvalue weighted by Crippen LogP contribution is 2.25. The van der Waals surface area contributed by atoms with E-state index in [1.165, 1.54) is 0 Å². The predicted octanol–water partition coefficient (Wildman–Crippen LogP) is 1.87. The molecule has 0 spiro atoms. The fourth-order valence-electron chi connectivity index (χ4n) is 1.30. The molecule has 9 heavy (non-hydrogen) atoms. The van der Waals surface area contributed by atoms with Gasteiger partial charge in [-0.2, -0.15) is 12.6 Å². The van der Waals surface area contributed by atoms with E-state index in [4.69, 9.17) is 4.74 Å². The second-order valence-electron chi connectivity index (χ2n) is 2.70. The molecule has 0 N–H and O–H groups in total. The Labute approximate surface area is 62.2 Å². The Balaban J connectivity index is 2.38. The van der Waals surface area contributed by atoms with E-state index in [0.717, 1.165) is 12.8 Å². The lowest BCUT2D eigenvalue weighted by atomic mass is 10.1. The van der Waals surface area contributed by atoms with Gasteiger partial charge in [0.25, 0.3) is 0 Å². The smallest absolute Gasteiger partial charge is 0.0693 e. The third-order valence-electron chi connectivity index (χ3n) is 1.81. The molecule has 1 nitrogen and oxygen atoms in total. The monoisotopic (exact) mass is 146 g/mol. The van der Waals surface area contributed by atoms with Crippen molar-refractivity contribution in [1.82, 2.24) is 0 Å². The zero-order valence-electron chi connectivity index (χ0n) is 6.00. The van der Waals surface area contributed by atoms with Crippen LogP contribution in [0.15, 0.2) is 0 Å². The number of rotatable bonds is 1. The third kappa shape index (κ3) is 1.62. The van der Waals surface area contributed by atoms with E-state index in [2.05, 4.69) is 26.5 Å². The van der Waals surface area contributed by atoms with Gasteiger partial charge in [-0.1, -0.05) is 6.92 Å². The Bertz CT molecular complexity index is 94.9. The summed E-state index contributed by atoms with van der Waals surface area (Å²) in [7, 11) is 0. The van der Waals surface area contributed by atoms with Crippen molar-refractivity contribution < 1.29 is 4.74 Å². The molecule has 0 aromatic rings. The molecule has 1 rings (SSSR count). The van der Waals surface area contributed by atoms with Crippen LogP contribution in [-0.2, 0) is 4.74 Å². The molecule has 1 heterocycles. The number of hydrogen-bond acceptors (Lipinski definition) is 2. The maximum atomic E-state index is 5.55. The summed E-state index contributed by atoms with van der Waals surface area (Å²) in [4.78, 5) is 0. The fraction of sp³-hybridized carbons (Fsp3) is 1.00. The molecule has 0 radical (unpaired) electrons. The van der Waals surface area contributed by atoms with Gasteiger partial charge in [0.05, 0.1) is 12.2 Å². The summed E-state index contributed by atoms with van der Waals surface area (Å²) in [5, 5.41) is 0.477. The topological polar surface area (TPSA) is 9.23 Å². The van der Waals surface area contributed by atoms with Gasteiger partial charge in [-0.3, -0.25) is 0 Å². The maximum absolute atomic E-state index is 5.55. The molecule has 54 valence electrons. The lowest BCUT2D eigenvalue weighted by Gasteiger charge is -2.09. The molecule has 3 unspecified atom stereocenters. The highest BCUT2D eigenvalue weighted by atomic mass is 32.1. The molecular formula is C7H14OS. The minimum atomic E-state index is 0.406. The zero-order chi connectivity index (χ0) is 6.85. The second-order valence-corrected chi connectivity index (χ2v) is 3.36. The first-order chi connectivity index (χ1) is 4.24. The van der Waals surface area contributed by atoms with Gasteiger partial charge in [-0.15, -0.1) is 0 Å². The van der Waals surface area contributed by atoms with E-state index in [1.807, 2.05) is 0 Å². The molecule has 0 amide bonds. The molecule has 0 bridgehead atoms. The summed E-state index contributed by atoms with van der Waals surface area (Å²) in [5.41, 5.74) is 0. The van der Waals surface area contributed by atoms with Crippen LogP contribution in [0.2, 0.25) is 0 Å².